The standard InChI is InChI=1S/C52H66N12O5/c1-59(45-13-14-46(66)58-51(45)67)33-39-31-42(10-7-38(39)34-65)62-29-27-60(28-30-62)32-36-15-21-63(22-16-36)52(68)64-25-19-41(20-26-64)61-23-17-40(18-24-61)57-50-47(49(54)55-35-56-50)48(53)37-8-11-44(12-9-37)69-43-5-3-2-4-6-43/h2-12,31,34-36,40-41,45,53H,13-30,32-33H2,1H3,(H,58,66,67)(H3,54,55,56,57). The smallest absolute Gasteiger partial charge is 0.319 e. The third kappa shape index (κ3) is 11.5. The molecule has 17 nitrogen and oxygen atoms in total. The highest BCUT2D eigenvalue weighted by molar-refractivity contribution is 6.16. The van der Waals surface area contributed by atoms with E-state index in [-0.39, 0.29) is 35.4 Å². The molecule has 3 aromatic carbocycles. The van der Waals surface area contributed by atoms with Crippen molar-refractivity contribution in [2.45, 2.75) is 76.0 Å². The molecular formula is C52H66N12O5. The van der Waals surface area contributed by atoms with E-state index in [4.69, 9.17) is 15.9 Å². The highest BCUT2D eigenvalue weighted by Crippen LogP contribution is 2.30. The van der Waals surface area contributed by atoms with Crippen molar-refractivity contribution < 1.29 is 23.9 Å². The van der Waals surface area contributed by atoms with Crippen molar-refractivity contribution in [2.24, 2.45) is 5.92 Å². The number of hydrogen-bond donors (Lipinski definition) is 4. The van der Waals surface area contributed by atoms with Crippen LogP contribution >= 0.6 is 0 Å². The van der Waals surface area contributed by atoms with Crippen LogP contribution in [0.15, 0.2) is 79.1 Å². The molecule has 5 aliphatic heterocycles. The number of benzene rings is 3. The first-order chi connectivity index (χ1) is 33.6. The summed E-state index contributed by atoms with van der Waals surface area (Å²) in [5.74, 6) is 2.32. The Morgan fingerprint density at radius 3 is 2.20 bits per heavy atom. The highest BCUT2D eigenvalue weighted by Gasteiger charge is 2.34. The predicted molar refractivity (Wildman–Crippen MR) is 266 cm³/mol. The number of aromatic nitrogens is 2. The van der Waals surface area contributed by atoms with Crippen LogP contribution in [0, 0.1) is 11.3 Å². The molecule has 0 aliphatic carbocycles. The minimum Gasteiger partial charge on any atom is -0.457 e. The van der Waals surface area contributed by atoms with Crippen LogP contribution in [0.3, 0.4) is 0 Å². The van der Waals surface area contributed by atoms with Gasteiger partial charge in [0.25, 0.3) is 0 Å². The van der Waals surface area contributed by atoms with Crippen molar-refractivity contribution in [2.75, 3.05) is 95.0 Å². The Morgan fingerprint density at radius 1 is 0.841 bits per heavy atom. The van der Waals surface area contributed by atoms with Crippen LogP contribution in [-0.4, -0.2) is 161 Å². The fraction of sp³-hybridized carbons (Fsp3) is 0.481. The van der Waals surface area contributed by atoms with Gasteiger partial charge in [0.1, 0.15) is 35.7 Å². The quantitative estimate of drug-likeness (QED) is 0.0722. The van der Waals surface area contributed by atoms with Crippen LogP contribution in [0.5, 0.6) is 11.5 Å². The highest BCUT2D eigenvalue weighted by atomic mass is 16.5. The number of aldehydes is 1. The average molecular weight is 939 g/mol. The van der Waals surface area contributed by atoms with E-state index in [1.54, 1.807) is 0 Å². The van der Waals surface area contributed by atoms with E-state index in [1.807, 2.05) is 78.7 Å². The summed E-state index contributed by atoms with van der Waals surface area (Å²) in [6, 6.07) is 23.4. The number of likely N-dealkylation sites (N-methyl/N-ethyl adjacent to an activating group) is 1. The summed E-state index contributed by atoms with van der Waals surface area (Å²) in [5.41, 5.74) is 10.4. The van der Waals surface area contributed by atoms with Crippen molar-refractivity contribution in [3.05, 3.63) is 101 Å². The second-order valence-corrected chi connectivity index (χ2v) is 19.4. The number of nitrogens with zero attached hydrogens (tertiary/aromatic N) is 8. The number of hydrogen-bond acceptors (Lipinski definition) is 14. The van der Waals surface area contributed by atoms with E-state index in [9.17, 15) is 19.2 Å². The molecule has 5 saturated heterocycles. The van der Waals surface area contributed by atoms with Gasteiger partial charge in [-0.05, 0) is 118 Å². The molecule has 1 atom stereocenters. The van der Waals surface area contributed by atoms with Gasteiger partial charge in [0.2, 0.25) is 11.8 Å². The number of carbonyl (C=O) groups is 4. The minimum absolute atomic E-state index is 0.188. The maximum Gasteiger partial charge on any atom is 0.319 e. The second kappa shape index (κ2) is 21.9. The fourth-order valence-electron chi connectivity index (χ4n) is 10.8. The van der Waals surface area contributed by atoms with Crippen molar-refractivity contribution >= 4 is 47.2 Å². The van der Waals surface area contributed by atoms with Gasteiger partial charge in [0.05, 0.1) is 17.3 Å². The van der Waals surface area contributed by atoms with Gasteiger partial charge in [-0.1, -0.05) is 18.2 Å². The average Bonchev–Trinajstić information content (AvgIpc) is 3.37. The number of nitrogens with one attached hydrogen (secondary N) is 3. The molecule has 9 rings (SSSR count). The number of amides is 4. The normalized spacial score (nSPS) is 20.5. The van der Waals surface area contributed by atoms with Gasteiger partial charge in [-0.25, -0.2) is 14.8 Å². The lowest BCUT2D eigenvalue weighted by atomic mass is 9.95. The Bertz CT molecular complexity index is 2440. The minimum atomic E-state index is -0.403. The van der Waals surface area contributed by atoms with E-state index >= 15 is 0 Å². The summed E-state index contributed by atoms with van der Waals surface area (Å²) in [6.07, 6.45) is 8.99. The molecular weight excluding hydrogens is 873 g/mol. The molecule has 0 radical (unpaired) electrons. The first kappa shape index (κ1) is 47.6. The Kier molecular flexibility index (Phi) is 15.1. The van der Waals surface area contributed by atoms with E-state index in [0.717, 1.165) is 134 Å². The largest absolute Gasteiger partial charge is 0.457 e. The van der Waals surface area contributed by atoms with Crippen LogP contribution < -0.4 is 26.0 Å². The van der Waals surface area contributed by atoms with Crippen LogP contribution in [0.4, 0.5) is 22.1 Å². The summed E-state index contributed by atoms with van der Waals surface area (Å²) >= 11 is 0. The van der Waals surface area contributed by atoms with Crippen LogP contribution in [0.2, 0.25) is 0 Å². The van der Waals surface area contributed by atoms with E-state index < -0.39 is 6.04 Å². The summed E-state index contributed by atoms with van der Waals surface area (Å²) in [6.45, 7) is 10.3. The molecule has 0 spiro atoms. The molecule has 364 valence electrons. The first-order valence-corrected chi connectivity index (χ1v) is 24.7. The number of imide groups is 1. The van der Waals surface area contributed by atoms with Crippen molar-refractivity contribution in [3.63, 3.8) is 0 Å². The molecule has 0 bridgehead atoms. The van der Waals surface area contributed by atoms with Gasteiger partial charge in [-0.15, -0.1) is 0 Å². The van der Waals surface area contributed by atoms with E-state index in [0.29, 0.717) is 59.6 Å². The Hall–Kier alpha value is -6.43. The molecule has 0 saturated carbocycles. The molecule has 4 amide bonds. The SMILES string of the molecule is CN(Cc1cc(N2CCN(CC3CCN(C(=O)N4CCC(N5CCC(Nc6ncnc(N)c6C(=N)c6ccc(Oc7ccccc7)cc6)CC5)CC4)CC3)CC2)ccc1C=O)C1CCC(=O)NC1=O. The van der Waals surface area contributed by atoms with Gasteiger partial charge in [0.15, 0.2) is 0 Å². The number of rotatable bonds is 14. The zero-order chi connectivity index (χ0) is 47.9. The first-order valence-electron chi connectivity index (χ1n) is 24.7. The molecule has 1 unspecified atom stereocenters. The monoisotopic (exact) mass is 939 g/mol. The lowest BCUT2D eigenvalue weighted by Gasteiger charge is -2.44. The number of nitrogen functional groups attached to an aromatic ring is 1. The Morgan fingerprint density at radius 2 is 1.52 bits per heavy atom. The number of anilines is 3. The summed E-state index contributed by atoms with van der Waals surface area (Å²) < 4.78 is 5.94. The fourth-order valence-corrected chi connectivity index (χ4v) is 10.8. The third-order valence-corrected chi connectivity index (χ3v) is 14.9. The molecule has 1 aromatic heterocycles. The number of urea groups is 1. The van der Waals surface area contributed by atoms with Crippen LogP contribution in [0.25, 0.3) is 0 Å². The number of likely N-dealkylation sites (tertiary alicyclic amines) is 3. The summed E-state index contributed by atoms with van der Waals surface area (Å²) in [5, 5.41) is 15.1. The summed E-state index contributed by atoms with van der Waals surface area (Å²) in [4.78, 5) is 72.2. The Labute approximate surface area is 404 Å². The number of nitrogens with two attached hydrogens (primary N) is 1. The predicted octanol–water partition coefficient (Wildman–Crippen LogP) is 5.31. The number of piperidine rings is 4. The van der Waals surface area contributed by atoms with Gasteiger partial charge in [0, 0.05) is 114 Å². The van der Waals surface area contributed by atoms with Crippen molar-refractivity contribution in [1.82, 2.24) is 39.8 Å². The molecule has 4 aromatic rings. The third-order valence-electron chi connectivity index (χ3n) is 14.9. The number of piperazine rings is 1. The van der Waals surface area contributed by atoms with Crippen LogP contribution in [0.1, 0.15) is 78.4 Å². The van der Waals surface area contributed by atoms with Crippen LogP contribution in [-0.2, 0) is 16.1 Å². The topological polar surface area (TPSA) is 197 Å². The zero-order valence-electron chi connectivity index (χ0n) is 39.7. The molecule has 5 fully saturated rings. The lowest BCUT2D eigenvalue weighted by Crippen LogP contribution is -2.54. The molecule has 5 N–H and O–H groups in total. The maximum atomic E-state index is 13.7. The van der Waals surface area contributed by atoms with Gasteiger partial charge in [-0.2, -0.15) is 0 Å². The second-order valence-electron chi connectivity index (χ2n) is 19.4. The zero-order valence-corrected chi connectivity index (χ0v) is 39.7. The van der Waals surface area contributed by atoms with E-state index in [2.05, 4.69) is 51.2 Å². The Balaban J connectivity index is 0.679. The lowest BCUT2D eigenvalue weighted by molar-refractivity contribution is -0.137. The molecule has 69 heavy (non-hydrogen) atoms. The number of para-hydroxylation sites is 1. The van der Waals surface area contributed by atoms with Gasteiger partial charge >= 0.3 is 6.03 Å². The molecule has 6 heterocycles. The molecule has 5 aliphatic rings. The van der Waals surface area contributed by atoms with Gasteiger partial charge < -0.3 is 35.4 Å². The van der Waals surface area contributed by atoms with Crippen molar-refractivity contribution in [1.29, 1.82) is 5.41 Å². The van der Waals surface area contributed by atoms with Gasteiger partial charge in [-0.3, -0.25) is 34.9 Å². The number of carbonyl (C=O) groups excluding carboxylic acids is 4. The number of ether oxygens (including phenoxy) is 1. The summed E-state index contributed by atoms with van der Waals surface area (Å²) in [7, 11) is 1.87. The maximum absolute atomic E-state index is 13.7. The van der Waals surface area contributed by atoms with E-state index in [1.165, 1.54) is 6.33 Å². The molecule has 17 heteroatoms. The van der Waals surface area contributed by atoms with Crippen molar-refractivity contribution in [3.8, 4) is 11.5 Å².